The number of nitrogens with two attached hydrogens (primary N) is 1. The maximum Gasteiger partial charge on any atom is 0.389 e. The number of thiophene rings is 1. The Balaban J connectivity index is 0.877. The van der Waals surface area contributed by atoms with Crippen LogP contribution >= 0.6 is 31.3 Å². The van der Waals surface area contributed by atoms with Gasteiger partial charge in [0, 0.05) is 73.4 Å². The molecule has 3 fully saturated rings. The van der Waals surface area contributed by atoms with Crippen LogP contribution < -0.4 is 21.7 Å². The van der Waals surface area contributed by atoms with Gasteiger partial charge in [0.25, 0.3) is 11.8 Å². The number of hydrogen-bond acceptors (Lipinski definition) is 14. The Morgan fingerprint density at radius 3 is 2.52 bits per heavy atom. The molecule has 79 heavy (non-hydrogen) atoms. The molecule has 0 bridgehead atoms. The molecule has 0 radical (unpaired) electrons. The van der Waals surface area contributed by atoms with Crippen LogP contribution in [0.5, 0.6) is 0 Å². The van der Waals surface area contributed by atoms with E-state index in [1.807, 2.05) is 6.07 Å². The summed E-state index contributed by atoms with van der Waals surface area (Å²) in [5.74, 6) is 1.94. The second kappa shape index (κ2) is 24.5. The number of amides is 8. The standard InChI is InChI=1S/C54H54F3N8O11PS2/c55-34-14-11-31(12-15-34)44-27-59-51(79-44)38(17-21-45(58)66)60-49(70)41-18-16-35-23-24-63(29-39(53(73)65(35)41)61-50(71)43-26-32-25-33(13-20-42(32)78-43)54(56,57)76-77(74)75)47(68)10-5-3-1-2-4-7-30-8-6-9-36-37(30)28-64(52(36)72)40-19-22-46(67)62-48(40)69/h6,8-9,11-15,20,25-27,35,38-41,74-75H,1-3,5,10,16-19,21-24,28-29H2,(H2,58,66)(H,60,70)(H,61,71)(H,62,67,69)/t35-,38+,39+,40?,41+/m1/s1. The molecule has 19 nitrogen and oxygen atoms in total. The predicted molar refractivity (Wildman–Crippen MR) is 284 cm³/mol. The topological polar surface area (TPSA) is 271 Å². The average Bonchev–Trinajstić information content (AvgIpc) is 4.37. The van der Waals surface area contributed by atoms with Crippen molar-refractivity contribution in [2.45, 2.75) is 120 Å². The molecule has 5 aromatic rings. The van der Waals surface area contributed by atoms with E-state index in [4.69, 9.17) is 15.5 Å². The molecule has 25 heteroatoms. The number of halogens is 3. The summed E-state index contributed by atoms with van der Waals surface area (Å²) in [6.45, 7) is 0.119. The molecule has 0 saturated carbocycles. The number of thiazole rings is 1. The van der Waals surface area contributed by atoms with Crippen LogP contribution in [0.3, 0.4) is 0 Å². The van der Waals surface area contributed by atoms with Crippen LogP contribution in [0.25, 0.3) is 20.5 Å². The summed E-state index contributed by atoms with van der Waals surface area (Å²) in [7, 11) is -3.41. The van der Waals surface area contributed by atoms with Gasteiger partial charge in [-0.15, -0.1) is 22.7 Å². The average molecular weight is 1140 g/mol. The van der Waals surface area contributed by atoms with Gasteiger partial charge in [0.1, 0.15) is 29.0 Å². The highest BCUT2D eigenvalue weighted by molar-refractivity contribution is 7.39. The van der Waals surface area contributed by atoms with Gasteiger partial charge in [0.2, 0.25) is 35.4 Å². The van der Waals surface area contributed by atoms with E-state index < -0.39 is 85.8 Å². The number of benzene rings is 3. The first-order chi connectivity index (χ1) is 37.8. The summed E-state index contributed by atoms with van der Waals surface area (Å²) in [6, 6.07) is 11.3. The van der Waals surface area contributed by atoms with E-state index in [9.17, 15) is 51.5 Å². The summed E-state index contributed by atoms with van der Waals surface area (Å²) in [5, 5.41) is 8.72. The second-order valence-electron chi connectivity index (χ2n) is 19.6. The van der Waals surface area contributed by atoms with Gasteiger partial charge in [0.05, 0.1) is 21.4 Å². The van der Waals surface area contributed by atoms with Crippen molar-refractivity contribution >= 4 is 88.6 Å². The quantitative estimate of drug-likeness (QED) is 0.0255. The molecule has 6 heterocycles. The van der Waals surface area contributed by atoms with Crippen molar-refractivity contribution in [3.8, 4) is 22.3 Å². The number of rotatable bonds is 18. The molecule has 7 N–H and O–H groups in total. The van der Waals surface area contributed by atoms with Crippen LogP contribution in [0.4, 0.5) is 13.2 Å². The van der Waals surface area contributed by atoms with Crippen molar-refractivity contribution < 1.29 is 65.8 Å². The SMILES string of the molecule is NC(=O)CC[C@H](NC(=O)[C@@H]1CC[C@@H]2CCN(C(=O)CCCCCC#Cc3cccc4c3CN(C3CCC(=O)NC3=O)C4=O)C[C@H](NC(=O)c3cc4cc(C(F)(F)OP(O)O)ccc4s3)C(=O)N21)c1ncc(-c2ccc(F)cc2)s1. The molecule has 1 unspecified atom stereocenters. The van der Waals surface area contributed by atoms with Crippen LogP contribution in [0, 0.1) is 17.7 Å². The Bertz CT molecular complexity index is 3270. The Kier molecular flexibility index (Phi) is 17.5. The summed E-state index contributed by atoms with van der Waals surface area (Å²) >= 11 is 2.18. The van der Waals surface area contributed by atoms with Crippen molar-refractivity contribution in [3.63, 3.8) is 0 Å². The van der Waals surface area contributed by atoms with E-state index in [1.165, 1.54) is 50.3 Å². The zero-order chi connectivity index (χ0) is 56.1. The first-order valence-electron chi connectivity index (χ1n) is 25.6. The minimum absolute atomic E-state index is 0.0335. The highest BCUT2D eigenvalue weighted by Gasteiger charge is 2.46. The fourth-order valence-corrected chi connectivity index (χ4v) is 12.6. The summed E-state index contributed by atoms with van der Waals surface area (Å²) in [4.78, 5) is 135. The van der Waals surface area contributed by atoms with Gasteiger partial charge >= 0.3 is 14.7 Å². The number of aromatic nitrogens is 1. The number of imide groups is 1. The summed E-state index contributed by atoms with van der Waals surface area (Å²) < 4.78 is 47.5. The maximum absolute atomic E-state index is 15.0. The molecular formula is C54H54F3N8O11PS2. The molecule has 2 aromatic heterocycles. The molecular weight excluding hydrogens is 1090 g/mol. The minimum Gasteiger partial charge on any atom is -0.370 e. The first-order valence-corrected chi connectivity index (χ1v) is 28.4. The zero-order valence-electron chi connectivity index (χ0n) is 42.3. The summed E-state index contributed by atoms with van der Waals surface area (Å²) in [6.07, 6.45) is 1.14. The number of nitrogens with zero attached hydrogens (tertiary/aromatic N) is 4. The van der Waals surface area contributed by atoms with Gasteiger partial charge in [-0.3, -0.25) is 43.7 Å². The summed E-state index contributed by atoms with van der Waals surface area (Å²) in [5.41, 5.74) is 7.35. The molecule has 8 amide bonds. The molecule has 4 aliphatic rings. The van der Waals surface area contributed by atoms with Gasteiger partial charge in [0.15, 0.2) is 0 Å². The third kappa shape index (κ3) is 13.2. The van der Waals surface area contributed by atoms with Crippen molar-refractivity contribution in [1.29, 1.82) is 0 Å². The maximum atomic E-state index is 15.0. The van der Waals surface area contributed by atoms with Gasteiger partial charge in [-0.1, -0.05) is 36.5 Å². The molecule has 3 saturated heterocycles. The van der Waals surface area contributed by atoms with Crippen molar-refractivity contribution in [1.82, 2.24) is 35.6 Å². The van der Waals surface area contributed by atoms with Crippen LogP contribution in [0.2, 0.25) is 0 Å². The molecule has 414 valence electrons. The third-order valence-electron chi connectivity index (χ3n) is 14.4. The molecule has 0 aliphatic carbocycles. The molecule has 0 spiro atoms. The lowest BCUT2D eigenvalue weighted by atomic mass is 10.0. The number of carbonyl (C=O) groups excluding carboxylic acids is 8. The molecule has 9 rings (SSSR count). The highest BCUT2D eigenvalue weighted by atomic mass is 32.1. The van der Waals surface area contributed by atoms with Gasteiger partial charge in [-0.05, 0) is 110 Å². The lowest BCUT2D eigenvalue weighted by molar-refractivity contribution is -0.189. The normalized spacial score (nSPS) is 19.8. The van der Waals surface area contributed by atoms with E-state index in [1.54, 1.807) is 30.5 Å². The minimum atomic E-state index is -4.06. The van der Waals surface area contributed by atoms with E-state index in [0.29, 0.717) is 75.4 Å². The number of piperidine rings is 1. The van der Waals surface area contributed by atoms with Crippen LogP contribution in [-0.4, -0.2) is 114 Å². The number of primary amides is 1. The zero-order valence-corrected chi connectivity index (χ0v) is 44.8. The monoisotopic (exact) mass is 1140 g/mol. The number of fused-ring (bicyclic) bond motifs is 3. The Labute approximate surface area is 460 Å². The second-order valence-corrected chi connectivity index (χ2v) is 22.4. The Hall–Kier alpha value is -7.13. The van der Waals surface area contributed by atoms with Crippen LogP contribution in [-0.2, 0) is 45.9 Å². The predicted octanol–water partition coefficient (Wildman–Crippen LogP) is 6.02. The lowest BCUT2D eigenvalue weighted by Crippen LogP contribution is -2.61. The number of unbranched alkanes of at least 4 members (excludes halogenated alkanes) is 3. The fraction of sp³-hybridized carbons (Fsp3) is 0.389. The molecule has 5 atom stereocenters. The number of alkyl halides is 2. The number of nitrogens with one attached hydrogen (secondary N) is 3. The first kappa shape index (κ1) is 56.6. The van der Waals surface area contributed by atoms with Gasteiger partial charge in [-0.2, -0.15) is 8.78 Å². The Morgan fingerprint density at radius 2 is 1.76 bits per heavy atom. The largest absolute Gasteiger partial charge is 0.389 e. The van der Waals surface area contributed by atoms with E-state index in [2.05, 4.69) is 37.3 Å². The van der Waals surface area contributed by atoms with Crippen molar-refractivity contribution in [2.75, 3.05) is 13.1 Å². The molecule has 3 aromatic carbocycles. The van der Waals surface area contributed by atoms with Gasteiger partial charge < -0.3 is 40.9 Å². The highest BCUT2D eigenvalue weighted by Crippen LogP contribution is 2.43. The number of hydrogen-bond donors (Lipinski definition) is 6. The van der Waals surface area contributed by atoms with Gasteiger partial charge in [-0.25, -0.2) is 13.9 Å². The fourth-order valence-electron chi connectivity index (χ4n) is 10.4. The number of carbonyl (C=O) groups is 8. The van der Waals surface area contributed by atoms with Crippen LogP contribution in [0.15, 0.2) is 72.9 Å². The van der Waals surface area contributed by atoms with Crippen molar-refractivity contribution in [3.05, 3.63) is 111 Å². The lowest BCUT2D eigenvalue weighted by Gasteiger charge is -2.39. The van der Waals surface area contributed by atoms with E-state index in [-0.39, 0.29) is 86.1 Å². The van der Waals surface area contributed by atoms with E-state index in [0.717, 1.165) is 23.5 Å². The van der Waals surface area contributed by atoms with Crippen LogP contribution in [0.1, 0.15) is 125 Å². The third-order valence-corrected chi connectivity index (χ3v) is 17.0. The van der Waals surface area contributed by atoms with Crippen molar-refractivity contribution in [2.24, 2.45) is 5.73 Å². The smallest absolute Gasteiger partial charge is 0.370 e. The van der Waals surface area contributed by atoms with E-state index >= 15 is 0 Å². The Morgan fingerprint density at radius 1 is 0.962 bits per heavy atom. The molecule has 4 aliphatic heterocycles.